The molecule has 0 heterocycles. The maximum absolute atomic E-state index is 12.8. The topological polar surface area (TPSA) is 74.6 Å². The number of aliphatic hydroxyl groups is 2. The molecule has 0 aromatic carbocycles. The lowest BCUT2D eigenvalue weighted by atomic mass is 9.66. The first-order valence-corrected chi connectivity index (χ1v) is 6.80. The highest BCUT2D eigenvalue weighted by molar-refractivity contribution is 5.98. The van der Waals surface area contributed by atoms with E-state index in [0.717, 1.165) is 0 Å². The quantitative estimate of drug-likeness (QED) is 0.643. The van der Waals surface area contributed by atoms with Crippen LogP contribution in [0.4, 0.5) is 52.7 Å². The Kier molecular flexibility index (Phi) is 5.65. The van der Waals surface area contributed by atoms with Gasteiger partial charge in [-0.15, -0.1) is 0 Å². The molecule has 1 aliphatic carbocycles. The van der Waals surface area contributed by atoms with Gasteiger partial charge in [0.05, 0.1) is 11.8 Å². The predicted molar refractivity (Wildman–Crippen MR) is 60.3 cm³/mol. The minimum atomic E-state index is -6.65. The molecule has 2 atom stereocenters. The fourth-order valence-electron chi connectivity index (χ4n) is 2.79. The largest absolute Gasteiger partial charge is 0.427 e. The van der Waals surface area contributed by atoms with Gasteiger partial charge >= 0.3 is 24.7 Å². The van der Waals surface area contributed by atoms with Crippen molar-refractivity contribution in [1.82, 2.24) is 0 Å². The zero-order chi connectivity index (χ0) is 22.7. The van der Waals surface area contributed by atoms with Crippen LogP contribution in [-0.4, -0.2) is 57.7 Å². The SMILES string of the molecule is O=C1CC(C(O)(C(F)(F)F)C(F)(F)F)C(=O)CC1C(O)(C(F)(F)F)C(F)(F)F. The van der Waals surface area contributed by atoms with Crippen molar-refractivity contribution in [2.24, 2.45) is 11.8 Å². The van der Waals surface area contributed by atoms with Crippen molar-refractivity contribution in [3.63, 3.8) is 0 Å². The number of ketones is 2. The summed E-state index contributed by atoms with van der Waals surface area (Å²) in [6.07, 6.45) is -31.5. The Morgan fingerprint density at radius 2 is 0.714 bits per heavy atom. The number of hydrogen-bond acceptors (Lipinski definition) is 4. The van der Waals surface area contributed by atoms with Crippen molar-refractivity contribution in [2.75, 3.05) is 0 Å². The van der Waals surface area contributed by atoms with Crippen LogP contribution in [0.15, 0.2) is 0 Å². The smallest absolute Gasteiger partial charge is 0.373 e. The summed E-state index contributed by atoms with van der Waals surface area (Å²) in [5.41, 5.74) is -11.8. The summed E-state index contributed by atoms with van der Waals surface area (Å²) in [5.74, 6) is -12.6. The fraction of sp³-hybridized carbons (Fsp3) is 0.833. The molecular weight excluding hydrogens is 436 g/mol. The second-order valence-corrected chi connectivity index (χ2v) is 5.97. The fourth-order valence-corrected chi connectivity index (χ4v) is 2.79. The average molecular weight is 444 g/mol. The monoisotopic (exact) mass is 444 g/mol. The van der Waals surface area contributed by atoms with Crippen molar-refractivity contribution >= 4 is 11.6 Å². The standard InChI is InChI=1S/C12H8F12O4/c13-9(14,15)7(27,10(16,17)18)3-1-5(25)4(2-6(3)26)8(28,11(19,20)21)12(22,23)24/h3-4,27-28H,1-2H2. The maximum atomic E-state index is 12.8. The summed E-state index contributed by atoms with van der Waals surface area (Å²) >= 11 is 0. The number of rotatable bonds is 2. The van der Waals surface area contributed by atoms with Crippen molar-refractivity contribution < 1.29 is 72.5 Å². The number of Topliss-reactive ketones (excluding diaryl/α,β-unsaturated/α-hetero) is 2. The zero-order valence-electron chi connectivity index (χ0n) is 12.8. The van der Waals surface area contributed by atoms with E-state index in [-0.39, 0.29) is 0 Å². The van der Waals surface area contributed by atoms with Crippen molar-refractivity contribution in [1.29, 1.82) is 0 Å². The van der Waals surface area contributed by atoms with Gasteiger partial charge in [0, 0.05) is 12.8 Å². The molecule has 0 aromatic rings. The van der Waals surface area contributed by atoms with Gasteiger partial charge in [-0.3, -0.25) is 9.59 Å². The number of carbonyl (C=O) groups excluding carboxylic acids is 2. The van der Waals surface area contributed by atoms with E-state index < -0.39 is 72.2 Å². The number of alkyl halides is 12. The highest BCUT2D eigenvalue weighted by atomic mass is 19.4. The third kappa shape index (κ3) is 3.44. The van der Waals surface area contributed by atoms with Gasteiger partial charge in [0.2, 0.25) is 0 Å². The molecule has 4 nitrogen and oxygen atoms in total. The van der Waals surface area contributed by atoms with Gasteiger partial charge in [-0.25, -0.2) is 0 Å². The van der Waals surface area contributed by atoms with Gasteiger partial charge in [0.1, 0.15) is 11.6 Å². The van der Waals surface area contributed by atoms with E-state index in [2.05, 4.69) is 0 Å². The molecular formula is C12H8F12O4. The molecule has 2 unspecified atom stereocenters. The Hall–Kier alpha value is -1.58. The lowest BCUT2D eigenvalue weighted by Gasteiger charge is -2.44. The molecule has 1 aliphatic rings. The molecule has 0 bridgehead atoms. The average Bonchev–Trinajstić information content (AvgIpc) is 2.42. The molecule has 0 spiro atoms. The number of carbonyl (C=O) groups is 2. The Morgan fingerprint density at radius 1 is 0.536 bits per heavy atom. The molecule has 0 amide bonds. The molecule has 0 saturated heterocycles. The molecule has 164 valence electrons. The van der Waals surface area contributed by atoms with E-state index in [4.69, 9.17) is 10.2 Å². The van der Waals surface area contributed by atoms with Crippen molar-refractivity contribution in [3.05, 3.63) is 0 Å². The highest BCUT2D eigenvalue weighted by Crippen LogP contribution is 2.54. The lowest BCUT2D eigenvalue weighted by Crippen LogP contribution is -2.68. The van der Waals surface area contributed by atoms with E-state index in [1.54, 1.807) is 0 Å². The predicted octanol–water partition coefficient (Wildman–Crippen LogP) is 2.86. The van der Waals surface area contributed by atoms with Crippen LogP contribution in [0, 0.1) is 11.8 Å². The van der Waals surface area contributed by atoms with Crippen LogP contribution in [-0.2, 0) is 9.59 Å². The Bertz CT molecular complexity index is 557. The lowest BCUT2D eigenvalue weighted by molar-refractivity contribution is -0.387. The molecule has 1 fully saturated rings. The van der Waals surface area contributed by atoms with Gasteiger partial charge in [-0.1, -0.05) is 0 Å². The van der Waals surface area contributed by atoms with E-state index in [9.17, 15) is 62.3 Å². The van der Waals surface area contributed by atoms with E-state index in [1.807, 2.05) is 0 Å². The first kappa shape index (κ1) is 24.5. The van der Waals surface area contributed by atoms with Gasteiger partial charge < -0.3 is 10.2 Å². The van der Waals surface area contributed by atoms with E-state index in [0.29, 0.717) is 0 Å². The normalized spacial score (nSPS) is 23.9. The first-order valence-electron chi connectivity index (χ1n) is 6.80. The second-order valence-electron chi connectivity index (χ2n) is 5.97. The Morgan fingerprint density at radius 3 is 0.857 bits per heavy atom. The minimum absolute atomic E-state index is 2.46. The molecule has 0 aromatic heterocycles. The van der Waals surface area contributed by atoms with Gasteiger partial charge in [-0.05, 0) is 0 Å². The van der Waals surface area contributed by atoms with Crippen LogP contribution in [0.5, 0.6) is 0 Å². The summed E-state index contributed by atoms with van der Waals surface area (Å²) in [6, 6.07) is 0. The summed E-state index contributed by atoms with van der Waals surface area (Å²) < 4.78 is 153. The van der Waals surface area contributed by atoms with Crippen molar-refractivity contribution in [2.45, 2.75) is 48.7 Å². The van der Waals surface area contributed by atoms with E-state index >= 15 is 0 Å². The van der Waals surface area contributed by atoms with Crippen LogP contribution >= 0.6 is 0 Å². The number of halogens is 12. The van der Waals surface area contributed by atoms with Gasteiger partial charge in [-0.2, -0.15) is 52.7 Å². The van der Waals surface area contributed by atoms with Gasteiger partial charge in [0.15, 0.2) is 0 Å². The molecule has 1 saturated carbocycles. The zero-order valence-corrected chi connectivity index (χ0v) is 12.8. The molecule has 2 N–H and O–H groups in total. The maximum Gasteiger partial charge on any atom is 0.427 e. The summed E-state index contributed by atoms with van der Waals surface area (Å²) in [6.45, 7) is 0. The van der Waals surface area contributed by atoms with Crippen LogP contribution in [0.2, 0.25) is 0 Å². The van der Waals surface area contributed by atoms with Crippen molar-refractivity contribution in [3.8, 4) is 0 Å². The molecule has 0 radical (unpaired) electrons. The highest BCUT2D eigenvalue weighted by Gasteiger charge is 2.79. The summed E-state index contributed by atoms with van der Waals surface area (Å²) in [5, 5.41) is 18.2. The summed E-state index contributed by atoms with van der Waals surface area (Å²) in [4.78, 5) is 23.3. The Balaban J connectivity index is 3.49. The third-order valence-corrected chi connectivity index (χ3v) is 4.33. The second kappa shape index (κ2) is 6.47. The molecule has 16 heteroatoms. The minimum Gasteiger partial charge on any atom is -0.373 e. The van der Waals surface area contributed by atoms with Gasteiger partial charge in [0.25, 0.3) is 11.2 Å². The molecule has 0 aliphatic heterocycles. The third-order valence-electron chi connectivity index (χ3n) is 4.33. The molecule has 28 heavy (non-hydrogen) atoms. The van der Waals surface area contributed by atoms with Crippen LogP contribution in [0.1, 0.15) is 12.8 Å². The van der Waals surface area contributed by atoms with Crippen LogP contribution < -0.4 is 0 Å². The van der Waals surface area contributed by atoms with Crippen LogP contribution in [0.3, 0.4) is 0 Å². The van der Waals surface area contributed by atoms with E-state index in [1.165, 1.54) is 0 Å². The first-order chi connectivity index (χ1) is 12.0. The Labute approximate surface area is 146 Å². The summed E-state index contributed by atoms with van der Waals surface area (Å²) in [7, 11) is 0. The van der Waals surface area contributed by atoms with Crippen LogP contribution in [0.25, 0.3) is 0 Å². The molecule has 1 rings (SSSR count). The number of hydrogen-bond donors (Lipinski definition) is 2.